The van der Waals surface area contributed by atoms with E-state index in [1.165, 1.54) is 16.7 Å². The first kappa shape index (κ1) is 36.5. The van der Waals surface area contributed by atoms with E-state index >= 15 is 0 Å². The van der Waals surface area contributed by atoms with Gasteiger partial charge in [0.05, 0.1) is 33.0 Å². The lowest BCUT2D eigenvalue weighted by atomic mass is 9.89. The van der Waals surface area contributed by atoms with Crippen molar-refractivity contribution in [3.63, 3.8) is 0 Å². The highest BCUT2D eigenvalue weighted by Gasteiger charge is 2.49. The van der Waals surface area contributed by atoms with E-state index < -0.39 is 30.5 Å². The highest BCUT2D eigenvalue weighted by atomic mass is 16.6. The molecule has 7 rings (SSSR count). The average Bonchev–Trinajstić information content (AvgIpc) is 3.21. The Morgan fingerprint density at radius 2 is 0.906 bits per heavy atom. The summed E-state index contributed by atoms with van der Waals surface area (Å²) in [7, 11) is 0. The van der Waals surface area contributed by atoms with Crippen molar-refractivity contribution >= 4 is 0 Å². The fourth-order valence-corrected chi connectivity index (χ4v) is 6.88. The molecule has 6 aromatic carbocycles. The third-order valence-electron chi connectivity index (χ3n) is 9.69. The van der Waals surface area contributed by atoms with Crippen molar-refractivity contribution in [2.75, 3.05) is 6.61 Å². The molecule has 5 atom stereocenters. The van der Waals surface area contributed by atoms with Crippen LogP contribution in [0.5, 0.6) is 0 Å². The van der Waals surface area contributed by atoms with Crippen molar-refractivity contribution in [3.8, 4) is 0 Å². The molecule has 0 spiro atoms. The molecule has 6 aromatic rings. The predicted octanol–water partition coefficient (Wildman–Crippen LogP) is 10.00. The third kappa shape index (κ3) is 10.4. The first-order valence-corrected chi connectivity index (χ1v) is 18.6. The van der Waals surface area contributed by atoms with Crippen LogP contribution in [-0.4, -0.2) is 31.0 Å². The Balaban J connectivity index is 1.24. The summed E-state index contributed by atoms with van der Waals surface area (Å²) in [5.74, 6) is 0. The summed E-state index contributed by atoms with van der Waals surface area (Å²) >= 11 is 0. The number of hydrogen-bond donors (Lipinski definition) is 0. The lowest BCUT2D eigenvalue weighted by molar-refractivity contribution is -0.275. The molecule has 1 saturated heterocycles. The quantitative estimate of drug-likeness (QED) is 0.100. The Labute approximate surface area is 314 Å². The summed E-state index contributed by atoms with van der Waals surface area (Å²) in [5, 5.41) is 0. The molecule has 270 valence electrons. The minimum atomic E-state index is -0.486. The summed E-state index contributed by atoms with van der Waals surface area (Å²) in [6.07, 6.45) is -1.52. The lowest BCUT2D eigenvalue weighted by Crippen LogP contribution is -2.58. The first-order valence-electron chi connectivity index (χ1n) is 18.6. The number of rotatable bonds is 16. The first-order chi connectivity index (χ1) is 26.2. The number of aryl methyl sites for hydroxylation is 1. The second-order valence-electron chi connectivity index (χ2n) is 13.8. The van der Waals surface area contributed by atoms with Crippen LogP contribution in [0.4, 0.5) is 0 Å². The molecule has 0 aliphatic carbocycles. The van der Waals surface area contributed by atoms with E-state index in [0.29, 0.717) is 33.0 Å². The summed E-state index contributed by atoms with van der Waals surface area (Å²) in [5.41, 5.74) is 9.10. The molecule has 0 N–H and O–H groups in total. The van der Waals surface area contributed by atoms with Gasteiger partial charge in [0, 0.05) is 0 Å². The smallest absolute Gasteiger partial charge is 0.117 e. The van der Waals surface area contributed by atoms with E-state index in [1.807, 2.05) is 72.8 Å². The summed E-state index contributed by atoms with van der Waals surface area (Å²) < 4.78 is 34.3. The van der Waals surface area contributed by atoms with Gasteiger partial charge in [0.2, 0.25) is 0 Å². The van der Waals surface area contributed by atoms with Crippen LogP contribution in [0.2, 0.25) is 0 Å². The molecular weight excluding hydrogens is 657 g/mol. The highest BCUT2D eigenvalue weighted by Crippen LogP contribution is 2.39. The zero-order chi connectivity index (χ0) is 36.1. The van der Waals surface area contributed by atoms with Gasteiger partial charge in [0.1, 0.15) is 30.5 Å². The normalized spacial score (nSPS) is 19.9. The fourth-order valence-electron chi connectivity index (χ4n) is 6.88. The average molecular weight is 705 g/mol. The van der Waals surface area contributed by atoms with Gasteiger partial charge in [-0.1, -0.05) is 175 Å². The van der Waals surface area contributed by atoms with E-state index in [-0.39, 0.29) is 0 Å². The molecule has 1 fully saturated rings. The molecule has 0 aromatic heterocycles. The molecular formula is C48H48O5. The molecule has 1 heterocycles. The molecule has 0 saturated carbocycles. The number of benzene rings is 6. The maximum Gasteiger partial charge on any atom is 0.117 e. The van der Waals surface area contributed by atoms with Crippen molar-refractivity contribution in [2.24, 2.45) is 0 Å². The highest BCUT2D eigenvalue weighted by molar-refractivity contribution is 5.33. The zero-order valence-corrected chi connectivity index (χ0v) is 30.3. The largest absolute Gasteiger partial charge is 0.374 e. The predicted molar refractivity (Wildman–Crippen MR) is 209 cm³/mol. The third-order valence-corrected chi connectivity index (χ3v) is 9.69. The maximum atomic E-state index is 7.16. The van der Waals surface area contributed by atoms with Gasteiger partial charge in [-0.15, -0.1) is 0 Å². The summed E-state index contributed by atoms with van der Waals surface area (Å²) in [6, 6.07) is 58.5. The Morgan fingerprint density at radius 3 is 1.45 bits per heavy atom. The molecule has 0 radical (unpaired) electrons. The number of ether oxygens (including phenoxy) is 5. The monoisotopic (exact) mass is 704 g/mol. The van der Waals surface area contributed by atoms with Crippen LogP contribution in [-0.2, 0) is 56.5 Å². The fraction of sp³-hybridized carbons (Fsp3) is 0.250. The topological polar surface area (TPSA) is 46.2 Å². The minimum absolute atomic E-state index is 0.324. The van der Waals surface area contributed by atoms with Gasteiger partial charge in [-0.25, -0.2) is 0 Å². The van der Waals surface area contributed by atoms with E-state index in [1.54, 1.807) is 0 Å². The van der Waals surface area contributed by atoms with Crippen LogP contribution in [0.1, 0.15) is 50.6 Å². The Kier molecular flexibility index (Phi) is 12.9. The SMILES string of the molecule is Cc1ccc(Cc2cccc([C@@H]3O[C@H](COCc4ccccc4)[C@@H](OCc4ccccc4)[C@H](OCc4ccccc4)[C@H]3OCc3ccccc3)c2)cc1. The van der Waals surface area contributed by atoms with E-state index in [4.69, 9.17) is 23.7 Å². The van der Waals surface area contributed by atoms with Gasteiger partial charge in [0.15, 0.2) is 0 Å². The van der Waals surface area contributed by atoms with Crippen LogP contribution < -0.4 is 0 Å². The van der Waals surface area contributed by atoms with Gasteiger partial charge < -0.3 is 23.7 Å². The minimum Gasteiger partial charge on any atom is -0.374 e. The van der Waals surface area contributed by atoms with E-state index in [0.717, 1.165) is 34.2 Å². The maximum absolute atomic E-state index is 7.16. The van der Waals surface area contributed by atoms with Crippen molar-refractivity contribution < 1.29 is 23.7 Å². The molecule has 5 heteroatoms. The molecule has 53 heavy (non-hydrogen) atoms. The van der Waals surface area contributed by atoms with E-state index in [9.17, 15) is 0 Å². The molecule has 0 bridgehead atoms. The van der Waals surface area contributed by atoms with Crippen molar-refractivity contribution in [3.05, 3.63) is 214 Å². The van der Waals surface area contributed by atoms with Gasteiger partial charge in [0.25, 0.3) is 0 Å². The Morgan fingerprint density at radius 1 is 0.434 bits per heavy atom. The van der Waals surface area contributed by atoms with Crippen LogP contribution in [0.25, 0.3) is 0 Å². The molecule has 0 amide bonds. The summed E-state index contributed by atoms with van der Waals surface area (Å²) in [6.45, 7) is 4.11. The second kappa shape index (κ2) is 18.7. The van der Waals surface area contributed by atoms with Crippen LogP contribution in [0.3, 0.4) is 0 Å². The van der Waals surface area contributed by atoms with Crippen LogP contribution in [0, 0.1) is 6.92 Å². The van der Waals surface area contributed by atoms with Gasteiger partial charge in [-0.05, 0) is 52.3 Å². The van der Waals surface area contributed by atoms with Gasteiger partial charge in [-0.3, -0.25) is 0 Å². The van der Waals surface area contributed by atoms with Crippen LogP contribution in [0.15, 0.2) is 170 Å². The second-order valence-corrected chi connectivity index (χ2v) is 13.8. The van der Waals surface area contributed by atoms with E-state index in [2.05, 4.69) is 104 Å². The van der Waals surface area contributed by atoms with Crippen LogP contribution >= 0.6 is 0 Å². The zero-order valence-electron chi connectivity index (χ0n) is 30.3. The Hall–Kier alpha value is -4.88. The number of hydrogen-bond acceptors (Lipinski definition) is 5. The van der Waals surface area contributed by atoms with Gasteiger partial charge >= 0.3 is 0 Å². The lowest BCUT2D eigenvalue weighted by Gasteiger charge is -2.46. The molecule has 1 aliphatic heterocycles. The van der Waals surface area contributed by atoms with Crippen molar-refractivity contribution in [1.29, 1.82) is 0 Å². The molecule has 0 unspecified atom stereocenters. The van der Waals surface area contributed by atoms with Crippen molar-refractivity contribution in [1.82, 2.24) is 0 Å². The molecule has 5 nitrogen and oxygen atoms in total. The molecule has 1 aliphatic rings. The standard InChI is InChI=1S/C48H48O5/c1-36-25-27-37(28-26-36)29-42-23-14-24-43(30-42)45-47(51-33-40-19-10-4-11-20-40)48(52-34-41-21-12-5-13-22-41)46(50-32-39-17-8-3-9-18-39)44(53-45)35-49-31-38-15-6-2-7-16-38/h2-28,30,44-48H,29,31-35H2,1H3/t44-,45+,46-,47+,48+/m1/s1. The Bertz CT molecular complexity index is 1930. The van der Waals surface area contributed by atoms with Gasteiger partial charge in [-0.2, -0.15) is 0 Å². The van der Waals surface area contributed by atoms with Crippen molar-refractivity contribution in [2.45, 2.75) is 70.3 Å². The summed E-state index contributed by atoms with van der Waals surface area (Å²) in [4.78, 5) is 0.